The third-order valence-corrected chi connectivity index (χ3v) is 7.10. The van der Waals surface area contributed by atoms with E-state index in [1.165, 1.54) is 30.3 Å². The molecule has 2 aromatic carbocycles. The summed E-state index contributed by atoms with van der Waals surface area (Å²) in [5, 5.41) is 11.6. The van der Waals surface area contributed by atoms with Crippen LogP contribution < -0.4 is 16.0 Å². The highest BCUT2D eigenvalue weighted by molar-refractivity contribution is 7.19. The average molecular weight is 496 g/mol. The molecule has 0 radical (unpaired) electrons. The molecule has 0 aliphatic heterocycles. The Bertz CT molecular complexity index is 1510. The van der Waals surface area contributed by atoms with E-state index in [9.17, 15) is 19.5 Å². The van der Waals surface area contributed by atoms with Crippen molar-refractivity contribution in [2.24, 2.45) is 13.0 Å². The number of benzene rings is 2. The number of thiophene rings is 1. The van der Waals surface area contributed by atoms with Crippen LogP contribution in [0.25, 0.3) is 21.0 Å². The molecule has 2 heterocycles. The van der Waals surface area contributed by atoms with E-state index in [0.717, 1.165) is 20.9 Å². The first kappa shape index (κ1) is 24.7. The molecule has 0 fully saturated rings. The summed E-state index contributed by atoms with van der Waals surface area (Å²) >= 11 is 1.30. The first-order chi connectivity index (χ1) is 16.7. The van der Waals surface area contributed by atoms with Gasteiger partial charge in [0.15, 0.2) is 5.75 Å². The molecule has 0 aliphatic carbocycles. The highest BCUT2D eigenvalue weighted by atomic mass is 32.1. The highest BCUT2D eigenvalue weighted by Crippen LogP contribution is 2.38. The number of aliphatic hydroxyl groups is 1. The minimum absolute atomic E-state index is 0.0929. The zero-order chi connectivity index (χ0) is 25.3. The molecule has 0 unspecified atom stereocenters. The molecule has 1 N–H and O–H groups in total. The van der Waals surface area contributed by atoms with E-state index in [2.05, 4.69) is 0 Å². The lowest BCUT2D eigenvalue weighted by Gasteiger charge is -2.16. The van der Waals surface area contributed by atoms with Gasteiger partial charge in [-0.3, -0.25) is 13.9 Å². The van der Waals surface area contributed by atoms with Gasteiger partial charge in [-0.1, -0.05) is 56.3 Å². The summed E-state index contributed by atoms with van der Waals surface area (Å²) in [5.41, 5.74) is 0.118. The zero-order valence-corrected chi connectivity index (χ0v) is 21.1. The van der Waals surface area contributed by atoms with Gasteiger partial charge in [-0.25, -0.2) is 9.59 Å². The molecule has 8 nitrogen and oxygen atoms in total. The van der Waals surface area contributed by atoms with E-state index in [4.69, 9.17) is 4.74 Å². The van der Waals surface area contributed by atoms with Crippen LogP contribution >= 0.6 is 11.3 Å². The first-order valence-electron chi connectivity index (χ1n) is 11.5. The number of carbonyl (C=O) groups is 1. The summed E-state index contributed by atoms with van der Waals surface area (Å²) in [6.45, 7) is 4.30. The Balaban J connectivity index is 1.96. The van der Waals surface area contributed by atoms with Crippen molar-refractivity contribution in [3.63, 3.8) is 0 Å². The number of nitrogens with zero attached hydrogens (tertiary/aromatic N) is 3. The maximum Gasteiger partial charge on any atom is 0.415 e. The van der Waals surface area contributed by atoms with Crippen molar-refractivity contribution in [3.8, 4) is 5.75 Å². The number of hydrogen-bond donors (Lipinski definition) is 1. The fourth-order valence-electron chi connectivity index (χ4n) is 4.13. The number of amides is 1. The summed E-state index contributed by atoms with van der Waals surface area (Å²) in [6.07, 6.45) is -0.256. The topological polar surface area (TPSA) is 93.8 Å². The molecule has 9 heteroatoms. The standard InChI is InChI=1S/C26H29N3O5S/c1-16(2)15-29-24-21(23(31)28(4)25(29)32)22(34-26(33)27(3)12-13-30)20(35-24)14-18-10-7-9-17-8-5-6-11-19(17)18/h5-11,16,30H,12-15H2,1-4H3. The molecule has 0 aliphatic rings. The summed E-state index contributed by atoms with van der Waals surface area (Å²) in [4.78, 5) is 41.5. The second-order valence-electron chi connectivity index (χ2n) is 9.01. The van der Waals surface area contributed by atoms with Crippen LogP contribution in [0, 0.1) is 5.92 Å². The Kier molecular flexibility index (Phi) is 7.09. The largest absolute Gasteiger partial charge is 0.415 e. The van der Waals surface area contributed by atoms with E-state index in [1.54, 1.807) is 4.57 Å². The van der Waals surface area contributed by atoms with Crippen LogP contribution in [0.2, 0.25) is 0 Å². The Morgan fingerprint density at radius 1 is 1.14 bits per heavy atom. The van der Waals surface area contributed by atoms with Gasteiger partial charge in [0, 0.05) is 33.6 Å². The fourth-order valence-corrected chi connectivity index (χ4v) is 5.37. The minimum atomic E-state index is -0.679. The lowest BCUT2D eigenvalue weighted by molar-refractivity contribution is 0.151. The van der Waals surface area contributed by atoms with Crippen LogP contribution in [-0.2, 0) is 20.0 Å². The highest BCUT2D eigenvalue weighted by Gasteiger charge is 2.26. The van der Waals surface area contributed by atoms with Gasteiger partial charge >= 0.3 is 11.8 Å². The van der Waals surface area contributed by atoms with Crippen molar-refractivity contribution in [1.82, 2.24) is 14.0 Å². The van der Waals surface area contributed by atoms with Gasteiger partial charge < -0.3 is 14.7 Å². The number of fused-ring (bicyclic) bond motifs is 2. The smallest absolute Gasteiger partial charge is 0.408 e. The number of carbonyl (C=O) groups excluding carboxylic acids is 1. The summed E-state index contributed by atoms with van der Waals surface area (Å²) in [6, 6.07) is 14.0. The Hall–Kier alpha value is -3.43. The van der Waals surface area contributed by atoms with Gasteiger partial charge in [-0.2, -0.15) is 0 Å². The monoisotopic (exact) mass is 495 g/mol. The molecule has 4 rings (SSSR count). The second-order valence-corrected chi connectivity index (χ2v) is 10.1. The van der Waals surface area contributed by atoms with Crippen LogP contribution in [0.5, 0.6) is 5.75 Å². The van der Waals surface area contributed by atoms with Crippen LogP contribution in [0.4, 0.5) is 4.79 Å². The van der Waals surface area contributed by atoms with E-state index in [1.807, 2.05) is 56.3 Å². The number of hydrogen-bond acceptors (Lipinski definition) is 6. The first-order valence-corrected chi connectivity index (χ1v) is 12.3. The molecule has 0 atom stereocenters. The van der Waals surface area contributed by atoms with E-state index in [-0.39, 0.29) is 30.2 Å². The molecule has 2 aromatic heterocycles. The van der Waals surface area contributed by atoms with Crippen LogP contribution in [0.1, 0.15) is 24.3 Å². The number of ether oxygens (including phenoxy) is 1. The van der Waals surface area contributed by atoms with E-state index >= 15 is 0 Å². The maximum atomic E-state index is 13.3. The van der Waals surface area contributed by atoms with Crippen LogP contribution in [-0.4, -0.2) is 45.4 Å². The lowest BCUT2D eigenvalue weighted by atomic mass is 10.0. The average Bonchev–Trinajstić information content (AvgIpc) is 3.18. The van der Waals surface area contributed by atoms with Gasteiger partial charge in [0.1, 0.15) is 10.2 Å². The van der Waals surface area contributed by atoms with Crippen LogP contribution in [0.15, 0.2) is 52.1 Å². The summed E-state index contributed by atoms with van der Waals surface area (Å²) < 4.78 is 8.44. The van der Waals surface area contributed by atoms with Crippen molar-refractivity contribution in [1.29, 1.82) is 0 Å². The predicted octanol–water partition coefficient (Wildman–Crippen LogP) is 3.58. The molecule has 4 aromatic rings. The van der Waals surface area contributed by atoms with Gasteiger partial charge in [-0.05, 0) is 22.3 Å². The SMILES string of the molecule is CC(C)Cn1c(=O)n(C)c(=O)c2c(OC(=O)N(C)CCO)c(Cc3cccc4ccccc34)sc21. The van der Waals surface area contributed by atoms with Crippen molar-refractivity contribution >= 4 is 38.4 Å². The minimum Gasteiger partial charge on any atom is -0.408 e. The molecule has 184 valence electrons. The van der Waals surface area contributed by atoms with Gasteiger partial charge in [0.25, 0.3) is 5.56 Å². The molecule has 0 saturated carbocycles. The quantitative estimate of drug-likeness (QED) is 0.423. The summed E-state index contributed by atoms with van der Waals surface area (Å²) in [5.74, 6) is 0.338. The molecule has 0 bridgehead atoms. The van der Waals surface area contributed by atoms with E-state index < -0.39 is 17.3 Å². The van der Waals surface area contributed by atoms with E-state index in [0.29, 0.717) is 22.7 Å². The normalized spacial score (nSPS) is 11.5. The Labute approximate surface area is 206 Å². The maximum absolute atomic E-state index is 13.3. The number of aliphatic hydroxyl groups excluding tert-OH is 1. The van der Waals surface area contributed by atoms with Gasteiger partial charge in [0.05, 0.1) is 11.5 Å². The number of rotatable bonds is 7. The Morgan fingerprint density at radius 2 is 1.86 bits per heavy atom. The predicted molar refractivity (Wildman–Crippen MR) is 139 cm³/mol. The van der Waals surface area contributed by atoms with Crippen molar-refractivity contribution in [3.05, 3.63) is 73.7 Å². The number of aromatic nitrogens is 2. The fraction of sp³-hybridized carbons (Fsp3) is 0.346. The number of likely N-dealkylation sites (N-methyl/N-ethyl adjacent to an activating group) is 1. The van der Waals surface area contributed by atoms with Crippen molar-refractivity contribution in [2.75, 3.05) is 20.2 Å². The molecular weight excluding hydrogens is 466 g/mol. The third-order valence-electron chi connectivity index (χ3n) is 5.91. The third kappa shape index (κ3) is 4.74. The van der Waals surface area contributed by atoms with Crippen molar-refractivity contribution < 1.29 is 14.6 Å². The molecular formula is C26H29N3O5S. The molecule has 0 spiro atoms. The lowest BCUT2D eigenvalue weighted by Crippen LogP contribution is -2.38. The molecule has 35 heavy (non-hydrogen) atoms. The Morgan fingerprint density at radius 3 is 2.57 bits per heavy atom. The summed E-state index contributed by atoms with van der Waals surface area (Å²) in [7, 11) is 2.96. The van der Waals surface area contributed by atoms with Gasteiger partial charge in [-0.15, -0.1) is 11.3 Å². The molecule has 0 saturated heterocycles. The second kappa shape index (κ2) is 10.1. The van der Waals surface area contributed by atoms with Gasteiger partial charge in [0.2, 0.25) is 0 Å². The van der Waals surface area contributed by atoms with Crippen molar-refractivity contribution in [2.45, 2.75) is 26.8 Å². The van der Waals surface area contributed by atoms with Crippen LogP contribution in [0.3, 0.4) is 0 Å². The zero-order valence-electron chi connectivity index (χ0n) is 20.3. The molecule has 1 amide bonds.